The van der Waals surface area contributed by atoms with Crippen LogP contribution in [0.4, 0.5) is 11.4 Å². The summed E-state index contributed by atoms with van der Waals surface area (Å²) in [5.74, 6) is -0.615. The van der Waals surface area contributed by atoms with Gasteiger partial charge in [-0.3, -0.25) is 9.10 Å². The molecule has 3 aromatic rings. The lowest BCUT2D eigenvalue weighted by atomic mass is 10.1. The summed E-state index contributed by atoms with van der Waals surface area (Å²) in [5.41, 5.74) is 0.335. The quantitative estimate of drug-likeness (QED) is 0.487. The van der Waals surface area contributed by atoms with E-state index in [4.69, 9.17) is 39.5 Å². The smallest absolute Gasteiger partial charge is 0.264 e. The molecule has 0 unspecified atom stereocenters. The maximum atomic E-state index is 13.6. The molecule has 12 heteroatoms. The van der Waals surface area contributed by atoms with Crippen LogP contribution < -0.4 is 14.4 Å². The minimum Gasteiger partial charge on any atom is -0.468 e. The van der Waals surface area contributed by atoms with E-state index in [0.717, 1.165) is 4.31 Å². The highest BCUT2D eigenvalue weighted by atomic mass is 35.5. The van der Waals surface area contributed by atoms with E-state index < -0.39 is 34.7 Å². The lowest BCUT2D eigenvalue weighted by Gasteiger charge is -2.39. The van der Waals surface area contributed by atoms with Crippen molar-refractivity contribution in [1.82, 2.24) is 4.98 Å². The van der Waals surface area contributed by atoms with E-state index in [1.54, 1.807) is 19.1 Å². The molecule has 0 spiro atoms. The third kappa shape index (κ3) is 4.54. The Hall–Kier alpha value is -2.56. The molecule has 1 aliphatic heterocycles. The number of nitrogens with one attached hydrogen (secondary N) is 1. The van der Waals surface area contributed by atoms with Gasteiger partial charge >= 0.3 is 0 Å². The van der Waals surface area contributed by atoms with Gasteiger partial charge in [-0.1, -0.05) is 46.9 Å². The number of carbonyl (C=O) groups excluding carboxylic acids is 1. The van der Waals surface area contributed by atoms with E-state index in [2.05, 4.69) is 10.3 Å². The lowest BCUT2D eigenvalue weighted by molar-refractivity contribution is 0.0880. The summed E-state index contributed by atoms with van der Waals surface area (Å²) < 4.78 is 34.0. The van der Waals surface area contributed by atoms with Crippen molar-refractivity contribution < 1.29 is 23.1 Å². The summed E-state index contributed by atoms with van der Waals surface area (Å²) >= 11 is 18.3. The first-order valence-electron chi connectivity index (χ1n) is 9.96. The summed E-state index contributed by atoms with van der Waals surface area (Å²) in [4.78, 5) is 16.9. The SMILES string of the molecule is C[C@H]1[C@H](CO)Oc2ncc(NC(=O)c3c(Cl)cccc3Cl)cc2N1S(=O)(=O)c1cccc(Cl)c1. The Morgan fingerprint density at radius 1 is 1.15 bits per heavy atom. The number of hydrogen-bond donors (Lipinski definition) is 2. The van der Waals surface area contributed by atoms with Crippen LogP contribution in [0.25, 0.3) is 0 Å². The molecule has 2 N–H and O–H groups in total. The zero-order valence-corrected chi connectivity index (χ0v) is 20.7. The number of amides is 1. The molecule has 2 atom stereocenters. The van der Waals surface area contributed by atoms with Gasteiger partial charge in [0.15, 0.2) is 0 Å². The largest absolute Gasteiger partial charge is 0.468 e. The monoisotopic (exact) mass is 541 g/mol. The molecule has 1 aliphatic rings. The lowest BCUT2D eigenvalue weighted by Crippen LogP contribution is -2.52. The Bertz CT molecular complexity index is 1350. The molecular formula is C22H18Cl3N3O5S. The van der Waals surface area contributed by atoms with Crippen LogP contribution in [-0.4, -0.2) is 43.2 Å². The van der Waals surface area contributed by atoms with E-state index in [1.165, 1.54) is 42.6 Å². The second-order valence-corrected chi connectivity index (χ2v) is 10.5. The van der Waals surface area contributed by atoms with Crippen LogP contribution >= 0.6 is 34.8 Å². The second kappa shape index (κ2) is 9.59. The number of rotatable bonds is 5. The number of anilines is 2. The molecule has 2 aromatic carbocycles. The molecule has 8 nitrogen and oxygen atoms in total. The number of aliphatic hydroxyl groups is 1. The van der Waals surface area contributed by atoms with Crippen molar-refractivity contribution in [1.29, 1.82) is 0 Å². The van der Waals surface area contributed by atoms with Gasteiger partial charge in [-0.15, -0.1) is 0 Å². The molecule has 0 bridgehead atoms. The Morgan fingerprint density at radius 3 is 2.47 bits per heavy atom. The number of aliphatic hydroxyl groups excluding tert-OH is 1. The maximum Gasteiger partial charge on any atom is 0.264 e. The number of nitrogens with zero attached hydrogens (tertiary/aromatic N) is 2. The van der Waals surface area contributed by atoms with Gasteiger partial charge in [0, 0.05) is 5.02 Å². The molecule has 1 aromatic heterocycles. The number of aromatic nitrogens is 1. The Balaban J connectivity index is 1.77. The van der Waals surface area contributed by atoms with Gasteiger partial charge in [-0.2, -0.15) is 0 Å². The molecule has 0 saturated carbocycles. The van der Waals surface area contributed by atoms with Gasteiger partial charge < -0.3 is 15.2 Å². The van der Waals surface area contributed by atoms with Crippen LogP contribution in [0.2, 0.25) is 15.1 Å². The summed E-state index contributed by atoms with van der Waals surface area (Å²) in [7, 11) is -4.14. The zero-order chi connectivity index (χ0) is 24.6. The second-order valence-electron chi connectivity index (χ2n) is 7.44. The predicted molar refractivity (Wildman–Crippen MR) is 131 cm³/mol. The van der Waals surface area contributed by atoms with Gasteiger partial charge in [0.2, 0.25) is 5.88 Å². The van der Waals surface area contributed by atoms with Crippen molar-refractivity contribution in [3.63, 3.8) is 0 Å². The first kappa shape index (κ1) is 24.6. The maximum absolute atomic E-state index is 13.6. The summed E-state index contributed by atoms with van der Waals surface area (Å²) in [6.45, 7) is 1.16. The Labute approximate surface area is 211 Å². The van der Waals surface area contributed by atoms with Crippen molar-refractivity contribution in [3.05, 3.63) is 75.4 Å². The van der Waals surface area contributed by atoms with Crippen LogP contribution in [0.1, 0.15) is 17.3 Å². The van der Waals surface area contributed by atoms with E-state index in [-0.39, 0.29) is 42.8 Å². The first-order valence-corrected chi connectivity index (χ1v) is 12.5. The van der Waals surface area contributed by atoms with Crippen molar-refractivity contribution in [2.45, 2.75) is 24.0 Å². The van der Waals surface area contributed by atoms with E-state index in [1.807, 2.05) is 0 Å². The molecule has 0 radical (unpaired) electrons. The molecule has 4 rings (SSSR count). The average molecular weight is 543 g/mol. The number of pyridine rings is 1. The molecule has 1 amide bonds. The first-order chi connectivity index (χ1) is 16.1. The van der Waals surface area contributed by atoms with Crippen molar-refractivity contribution in [2.75, 3.05) is 16.2 Å². The molecule has 178 valence electrons. The van der Waals surface area contributed by atoms with Gasteiger partial charge in [0.05, 0.1) is 45.0 Å². The number of fused-ring (bicyclic) bond motifs is 1. The Morgan fingerprint density at radius 2 is 1.82 bits per heavy atom. The van der Waals surface area contributed by atoms with Gasteiger partial charge in [-0.05, 0) is 43.3 Å². The molecule has 0 fully saturated rings. The summed E-state index contributed by atoms with van der Waals surface area (Å²) in [6, 6.07) is 11.1. The standard InChI is InChI=1S/C22H18Cl3N3O5S/c1-12-19(11-29)33-22-18(28(12)34(31,32)15-5-2-4-13(23)8-15)9-14(10-26-22)27-21(30)20-16(24)6-3-7-17(20)25/h2-10,12,19,29H,11H2,1H3,(H,27,30)/t12-,19-/m0/s1. The predicted octanol–water partition coefficient (Wildman–Crippen LogP) is 4.63. The highest BCUT2D eigenvalue weighted by molar-refractivity contribution is 7.92. The fourth-order valence-electron chi connectivity index (χ4n) is 3.56. The van der Waals surface area contributed by atoms with E-state index in [0.29, 0.717) is 0 Å². The fraction of sp³-hybridized carbons (Fsp3) is 0.182. The number of ether oxygens (including phenoxy) is 1. The van der Waals surface area contributed by atoms with Crippen molar-refractivity contribution >= 4 is 62.1 Å². The normalized spacial score (nSPS) is 17.6. The number of sulfonamides is 1. The zero-order valence-electron chi connectivity index (χ0n) is 17.6. The summed E-state index contributed by atoms with van der Waals surface area (Å²) in [6.07, 6.45) is 0.437. The number of halogens is 3. The average Bonchev–Trinajstić information content (AvgIpc) is 2.78. The van der Waals surface area contributed by atoms with Crippen molar-refractivity contribution in [3.8, 4) is 5.88 Å². The third-order valence-electron chi connectivity index (χ3n) is 5.22. The topological polar surface area (TPSA) is 109 Å². The van der Waals surface area contributed by atoms with Crippen molar-refractivity contribution in [2.24, 2.45) is 0 Å². The number of carbonyl (C=O) groups is 1. The van der Waals surface area contributed by atoms with E-state index >= 15 is 0 Å². The highest BCUT2D eigenvalue weighted by Gasteiger charge is 2.41. The van der Waals surface area contributed by atoms with Crippen LogP contribution in [0.3, 0.4) is 0 Å². The molecule has 0 saturated heterocycles. The minimum atomic E-state index is -4.14. The minimum absolute atomic E-state index is 0.0171. The van der Waals surface area contributed by atoms with Gasteiger partial charge in [0.25, 0.3) is 15.9 Å². The van der Waals surface area contributed by atoms with Gasteiger partial charge in [0.1, 0.15) is 11.8 Å². The highest BCUT2D eigenvalue weighted by Crippen LogP contribution is 2.40. The third-order valence-corrected chi connectivity index (χ3v) is 7.98. The van der Waals surface area contributed by atoms with E-state index in [9.17, 15) is 18.3 Å². The summed E-state index contributed by atoms with van der Waals surface area (Å²) in [5, 5.41) is 13.0. The number of hydrogen-bond acceptors (Lipinski definition) is 6. The van der Waals surface area contributed by atoms with Crippen LogP contribution in [0.5, 0.6) is 5.88 Å². The molecule has 0 aliphatic carbocycles. The van der Waals surface area contributed by atoms with Crippen LogP contribution in [0, 0.1) is 0 Å². The van der Waals surface area contributed by atoms with Gasteiger partial charge in [-0.25, -0.2) is 13.4 Å². The Kier molecular flexibility index (Phi) is 6.93. The number of benzene rings is 2. The van der Waals surface area contributed by atoms with Crippen LogP contribution in [-0.2, 0) is 10.0 Å². The fourth-order valence-corrected chi connectivity index (χ4v) is 6.10. The molecule has 2 heterocycles. The molecular weight excluding hydrogens is 525 g/mol. The van der Waals surface area contributed by atoms with Crippen LogP contribution in [0.15, 0.2) is 59.6 Å². The molecule has 34 heavy (non-hydrogen) atoms.